The van der Waals surface area contributed by atoms with Crippen molar-refractivity contribution in [2.45, 2.75) is 64.7 Å². The molecule has 0 heterocycles. The van der Waals surface area contributed by atoms with E-state index >= 15 is 0 Å². The molecule has 1 nitrogen and oxygen atoms in total. The van der Waals surface area contributed by atoms with E-state index < -0.39 is 0 Å². The van der Waals surface area contributed by atoms with E-state index in [-0.39, 0.29) is 0 Å². The van der Waals surface area contributed by atoms with Gasteiger partial charge in [-0.1, -0.05) is 40.5 Å². The molecule has 0 saturated heterocycles. The van der Waals surface area contributed by atoms with E-state index in [1.807, 2.05) is 11.8 Å². The maximum Gasteiger partial charge on any atom is 0.0130 e. The molecule has 2 unspecified atom stereocenters. The van der Waals surface area contributed by atoms with Crippen molar-refractivity contribution >= 4 is 11.8 Å². The van der Waals surface area contributed by atoms with Crippen LogP contribution in [0.15, 0.2) is 0 Å². The minimum Gasteiger partial charge on any atom is -0.327 e. The van der Waals surface area contributed by atoms with E-state index in [2.05, 4.69) is 27.7 Å². The largest absolute Gasteiger partial charge is 0.327 e. The lowest BCUT2D eigenvalue weighted by atomic mass is 10.0. The summed E-state index contributed by atoms with van der Waals surface area (Å²) in [4.78, 5) is 0. The second-order valence-corrected chi connectivity index (χ2v) is 6.11. The lowest BCUT2D eigenvalue weighted by Gasteiger charge is -2.14. The first-order chi connectivity index (χ1) is 6.56. The highest BCUT2D eigenvalue weighted by Crippen LogP contribution is 2.16. The molecule has 2 N–H and O–H groups in total. The summed E-state index contributed by atoms with van der Waals surface area (Å²) < 4.78 is 0. The Bertz CT molecular complexity index is 125. The summed E-state index contributed by atoms with van der Waals surface area (Å²) in [6.45, 7) is 9.08. The Balaban J connectivity index is 3.32. The summed E-state index contributed by atoms with van der Waals surface area (Å²) in [5.74, 6) is 1.96. The standard InChI is InChI=1S/C12H27NS/c1-5-11(4)14-9-12(13)8-6-7-10(2)3/h10-12H,5-9,13H2,1-4H3. The van der Waals surface area contributed by atoms with Crippen LogP contribution in [0.2, 0.25) is 0 Å². The molecule has 0 aromatic carbocycles. The molecule has 0 saturated carbocycles. The van der Waals surface area contributed by atoms with Crippen molar-refractivity contribution in [1.82, 2.24) is 0 Å². The number of hydrogen-bond donors (Lipinski definition) is 1. The molecule has 0 aromatic heterocycles. The first kappa shape index (κ1) is 14.3. The van der Waals surface area contributed by atoms with Crippen LogP contribution in [-0.2, 0) is 0 Å². The minimum atomic E-state index is 0.410. The quantitative estimate of drug-likeness (QED) is 0.671. The highest BCUT2D eigenvalue weighted by Gasteiger charge is 2.06. The third-order valence-corrected chi connectivity index (χ3v) is 4.05. The Labute approximate surface area is 94.2 Å². The van der Waals surface area contributed by atoms with Crippen molar-refractivity contribution < 1.29 is 0 Å². The van der Waals surface area contributed by atoms with Crippen LogP contribution in [0.5, 0.6) is 0 Å². The monoisotopic (exact) mass is 217 g/mol. The fraction of sp³-hybridized carbons (Fsp3) is 1.00. The molecule has 0 aliphatic carbocycles. The van der Waals surface area contributed by atoms with Crippen molar-refractivity contribution in [2.75, 3.05) is 5.75 Å². The van der Waals surface area contributed by atoms with Crippen molar-refractivity contribution in [3.05, 3.63) is 0 Å². The van der Waals surface area contributed by atoms with Gasteiger partial charge in [-0.15, -0.1) is 0 Å². The first-order valence-corrected chi connectivity index (χ1v) is 6.98. The van der Waals surface area contributed by atoms with E-state index in [4.69, 9.17) is 5.73 Å². The molecule has 0 aliphatic rings. The van der Waals surface area contributed by atoms with E-state index in [1.54, 1.807) is 0 Å². The zero-order chi connectivity index (χ0) is 11.0. The molecule has 0 spiro atoms. The number of rotatable bonds is 8. The van der Waals surface area contributed by atoms with E-state index in [0.29, 0.717) is 6.04 Å². The van der Waals surface area contributed by atoms with Crippen molar-refractivity contribution in [1.29, 1.82) is 0 Å². The molecule has 86 valence electrons. The van der Waals surface area contributed by atoms with Crippen LogP contribution in [0.3, 0.4) is 0 Å². The molecule has 0 bridgehead atoms. The predicted octanol–water partition coefficient (Wildman–Crippen LogP) is 3.67. The Morgan fingerprint density at radius 1 is 1.14 bits per heavy atom. The Morgan fingerprint density at radius 2 is 1.79 bits per heavy atom. The fourth-order valence-electron chi connectivity index (χ4n) is 1.28. The van der Waals surface area contributed by atoms with Crippen LogP contribution in [0.4, 0.5) is 0 Å². The van der Waals surface area contributed by atoms with Crippen molar-refractivity contribution in [3.63, 3.8) is 0 Å². The minimum absolute atomic E-state index is 0.410. The average molecular weight is 217 g/mol. The summed E-state index contributed by atoms with van der Waals surface area (Å²) >= 11 is 2.02. The van der Waals surface area contributed by atoms with Crippen LogP contribution in [0.1, 0.15) is 53.4 Å². The summed E-state index contributed by atoms with van der Waals surface area (Å²) in [7, 11) is 0. The lowest BCUT2D eigenvalue weighted by Crippen LogP contribution is -2.23. The van der Waals surface area contributed by atoms with Gasteiger partial charge in [-0.3, -0.25) is 0 Å². The van der Waals surface area contributed by atoms with Crippen LogP contribution in [-0.4, -0.2) is 17.0 Å². The third kappa shape index (κ3) is 8.89. The maximum atomic E-state index is 6.04. The first-order valence-electron chi connectivity index (χ1n) is 5.93. The van der Waals surface area contributed by atoms with E-state index in [0.717, 1.165) is 16.9 Å². The normalized spacial score (nSPS) is 15.9. The van der Waals surface area contributed by atoms with Gasteiger partial charge in [0.25, 0.3) is 0 Å². The fourth-order valence-corrected chi connectivity index (χ4v) is 2.26. The molecule has 0 radical (unpaired) electrons. The van der Waals surface area contributed by atoms with E-state index in [9.17, 15) is 0 Å². The summed E-state index contributed by atoms with van der Waals surface area (Å²) in [6, 6.07) is 0.410. The maximum absolute atomic E-state index is 6.04. The van der Waals surface area contributed by atoms with Crippen LogP contribution in [0, 0.1) is 5.92 Å². The second kappa shape index (κ2) is 8.60. The second-order valence-electron chi connectivity index (χ2n) is 4.64. The predicted molar refractivity (Wildman–Crippen MR) is 68.9 cm³/mol. The summed E-state index contributed by atoms with van der Waals surface area (Å²) in [5.41, 5.74) is 6.04. The molecule has 2 atom stereocenters. The van der Waals surface area contributed by atoms with Crippen molar-refractivity contribution in [3.8, 4) is 0 Å². The zero-order valence-corrected chi connectivity index (χ0v) is 11.1. The van der Waals surface area contributed by atoms with Gasteiger partial charge in [0.1, 0.15) is 0 Å². The van der Waals surface area contributed by atoms with Gasteiger partial charge >= 0.3 is 0 Å². The van der Waals surface area contributed by atoms with Gasteiger partial charge < -0.3 is 5.73 Å². The molecular formula is C12H27NS. The molecule has 0 rings (SSSR count). The smallest absolute Gasteiger partial charge is 0.0130 e. The van der Waals surface area contributed by atoms with Crippen LogP contribution >= 0.6 is 11.8 Å². The molecule has 14 heavy (non-hydrogen) atoms. The number of nitrogens with two attached hydrogens (primary N) is 1. The van der Waals surface area contributed by atoms with Crippen LogP contribution in [0.25, 0.3) is 0 Å². The van der Waals surface area contributed by atoms with Gasteiger partial charge in [-0.2, -0.15) is 11.8 Å². The lowest BCUT2D eigenvalue weighted by molar-refractivity contribution is 0.513. The molecule has 2 heteroatoms. The van der Waals surface area contributed by atoms with Gasteiger partial charge in [0.15, 0.2) is 0 Å². The van der Waals surface area contributed by atoms with Gasteiger partial charge in [0.2, 0.25) is 0 Å². The van der Waals surface area contributed by atoms with Crippen LogP contribution < -0.4 is 5.73 Å². The molecular weight excluding hydrogens is 190 g/mol. The highest BCUT2D eigenvalue weighted by molar-refractivity contribution is 7.99. The van der Waals surface area contributed by atoms with Gasteiger partial charge in [-0.25, -0.2) is 0 Å². The Kier molecular flexibility index (Phi) is 8.80. The molecule has 0 amide bonds. The summed E-state index contributed by atoms with van der Waals surface area (Å²) in [5, 5.41) is 0.770. The Hall–Kier alpha value is 0.310. The number of thioether (sulfide) groups is 1. The SMILES string of the molecule is CCC(C)SCC(N)CCCC(C)C. The number of hydrogen-bond acceptors (Lipinski definition) is 2. The topological polar surface area (TPSA) is 26.0 Å². The molecule has 0 fully saturated rings. The Morgan fingerprint density at radius 3 is 2.29 bits per heavy atom. The molecule has 0 aliphatic heterocycles. The third-order valence-electron chi connectivity index (χ3n) is 2.53. The highest BCUT2D eigenvalue weighted by atomic mass is 32.2. The van der Waals surface area contributed by atoms with Crippen molar-refractivity contribution in [2.24, 2.45) is 11.7 Å². The summed E-state index contributed by atoms with van der Waals surface area (Å²) in [6.07, 6.45) is 5.06. The average Bonchev–Trinajstić information content (AvgIpc) is 2.13. The zero-order valence-electron chi connectivity index (χ0n) is 10.3. The van der Waals surface area contributed by atoms with E-state index in [1.165, 1.54) is 25.7 Å². The molecule has 0 aromatic rings. The van der Waals surface area contributed by atoms with Gasteiger partial charge in [0.05, 0.1) is 0 Å². The van der Waals surface area contributed by atoms with Gasteiger partial charge in [0, 0.05) is 17.0 Å². The van der Waals surface area contributed by atoms with Gasteiger partial charge in [-0.05, 0) is 18.8 Å².